The minimum atomic E-state index is -0.0796. The zero-order chi connectivity index (χ0) is 11.8. The molecule has 0 bridgehead atoms. The lowest BCUT2D eigenvalue weighted by molar-refractivity contribution is -0.153. The summed E-state index contributed by atoms with van der Waals surface area (Å²) in [5.74, 6) is 0.387. The van der Waals surface area contributed by atoms with Gasteiger partial charge in [0.05, 0.1) is 5.41 Å². The Morgan fingerprint density at radius 2 is 1.94 bits per heavy atom. The largest absolute Gasteiger partial charge is 0.337 e. The normalized spacial score (nSPS) is 32.2. The Balaban J connectivity index is 2.19. The van der Waals surface area contributed by atoms with E-state index in [1.165, 1.54) is 0 Å². The molecule has 2 aliphatic heterocycles. The van der Waals surface area contributed by atoms with Crippen molar-refractivity contribution in [2.24, 2.45) is 5.41 Å². The maximum atomic E-state index is 12.6. The summed E-state index contributed by atoms with van der Waals surface area (Å²) in [7, 11) is 0. The lowest BCUT2D eigenvalue weighted by Gasteiger charge is -2.48. The summed E-state index contributed by atoms with van der Waals surface area (Å²) in [6.45, 7) is 9.31. The average molecular weight is 224 g/mol. The number of carbonyl (C=O) groups is 1. The van der Waals surface area contributed by atoms with Crippen LogP contribution in [0.3, 0.4) is 0 Å². The van der Waals surface area contributed by atoms with Gasteiger partial charge in [-0.1, -0.05) is 0 Å². The molecule has 0 unspecified atom stereocenters. The maximum absolute atomic E-state index is 12.6. The van der Waals surface area contributed by atoms with E-state index in [1.807, 2.05) is 0 Å². The molecular formula is C13H24N2O. The number of piperidine rings is 2. The average Bonchev–Trinajstić information content (AvgIpc) is 2.22. The molecule has 1 atom stereocenters. The van der Waals surface area contributed by atoms with Crippen LogP contribution in [0.5, 0.6) is 0 Å². The molecule has 3 heteroatoms. The number of hydrogen-bond acceptors (Lipinski definition) is 2. The van der Waals surface area contributed by atoms with E-state index in [-0.39, 0.29) is 11.0 Å². The minimum Gasteiger partial charge on any atom is -0.337 e. The van der Waals surface area contributed by atoms with Crippen molar-refractivity contribution in [1.82, 2.24) is 10.2 Å². The van der Waals surface area contributed by atoms with Crippen LogP contribution < -0.4 is 5.32 Å². The Kier molecular flexibility index (Phi) is 2.99. The molecule has 1 amide bonds. The van der Waals surface area contributed by atoms with Crippen molar-refractivity contribution >= 4 is 5.91 Å². The van der Waals surface area contributed by atoms with E-state index in [0.29, 0.717) is 5.91 Å². The van der Waals surface area contributed by atoms with Gasteiger partial charge in [0.1, 0.15) is 0 Å². The summed E-state index contributed by atoms with van der Waals surface area (Å²) in [5, 5.41) is 3.40. The lowest BCUT2D eigenvalue weighted by atomic mass is 9.72. The Morgan fingerprint density at radius 1 is 1.25 bits per heavy atom. The number of nitrogens with zero attached hydrogens (tertiary/aromatic N) is 1. The van der Waals surface area contributed by atoms with Crippen LogP contribution in [0.25, 0.3) is 0 Å². The molecule has 2 aliphatic rings. The van der Waals surface area contributed by atoms with Crippen molar-refractivity contribution < 1.29 is 4.79 Å². The van der Waals surface area contributed by atoms with E-state index in [1.54, 1.807) is 0 Å². The van der Waals surface area contributed by atoms with Crippen LogP contribution in [0, 0.1) is 5.41 Å². The number of rotatable bonds is 0. The highest BCUT2D eigenvalue weighted by Crippen LogP contribution is 2.39. The second kappa shape index (κ2) is 4.02. The predicted octanol–water partition coefficient (Wildman–Crippen LogP) is 1.78. The number of hydrogen-bond donors (Lipinski definition) is 1. The van der Waals surface area contributed by atoms with Crippen molar-refractivity contribution in [3.63, 3.8) is 0 Å². The van der Waals surface area contributed by atoms with Crippen molar-refractivity contribution in [3.05, 3.63) is 0 Å². The van der Waals surface area contributed by atoms with Gasteiger partial charge in [-0.05, 0) is 53.0 Å². The molecule has 1 N–H and O–H groups in total. The Bertz CT molecular complexity index is 269. The van der Waals surface area contributed by atoms with E-state index in [4.69, 9.17) is 0 Å². The van der Waals surface area contributed by atoms with Crippen LogP contribution in [0.2, 0.25) is 0 Å². The smallest absolute Gasteiger partial charge is 0.230 e. The first-order valence-corrected chi connectivity index (χ1v) is 6.49. The molecule has 0 aromatic rings. The first kappa shape index (κ1) is 11.9. The first-order valence-electron chi connectivity index (χ1n) is 6.49. The molecule has 2 fully saturated rings. The van der Waals surface area contributed by atoms with Gasteiger partial charge in [-0.15, -0.1) is 0 Å². The second-order valence-corrected chi connectivity index (χ2v) is 6.29. The third-order valence-corrected chi connectivity index (χ3v) is 4.02. The van der Waals surface area contributed by atoms with Crippen molar-refractivity contribution in [3.8, 4) is 0 Å². The highest BCUT2D eigenvalue weighted by atomic mass is 16.2. The lowest BCUT2D eigenvalue weighted by Crippen LogP contribution is -2.59. The standard InChI is InChI=1S/C13H24N2O/c1-12(2,3)15-9-5-7-13(11(15)16)6-4-8-14-10-13/h14H,4-10H2,1-3H3/t13-/m1/s1. The highest BCUT2D eigenvalue weighted by molar-refractivity contribution is 5.84. The Hall–Kier alpha value is -0.570. The van der Waals surface area contributed by atoms with Crippen LogP contribution in [0.15, 0.2) is 0 Å². The van der Waals surface area contributed by atoms with Gasteiger partial charge in [0.15, 0.2) is 0 Å². The molecule has 16 heavy (non-hydrogen) atoms. The van der Waals surface area contributed by atoms with E-state index in [2.05, 4.69) is 31.0 Å². The molecule has 0 saturated carbocycles. The van der Waals surface area contributed by atoms with E-state index < -0.39 is 0 Å². The van der Waals surface area contributed by atoms with E-state index in [0.717, 1.165) is 45.3 Å². The summed E-state index contributed by atoms with van der Waals surface area (Å²) in [6.07, 6.45) is 4.45. The molecular weight excluding hydrogens is 200 g/mol. The van der Waals surface area contributed by atoms with Crippen molar-refractivity contribution in [1.29, 1.82) is 0 Å². The first-order chi connectivity index (χ1) is 7.46. The van der Waals surface area contributed by atoms with Gasteiger partial charge >= 0.3 is 0 Å². The summed E-state index contributed by atoms with van der Waals surface area (Å²) in [5.41, 5.74) is -0.105. The van der Waals surface area contributed by atoms with Gasteiger partial charge in [0, 0.05) is 18.6 Å². The van der Waals surface area contributed by atoms with Gasteiger partial charge in [-0.25, -0.2) is 0 Å². The molecule has 1 spiro atoms. The Morgan fingerprint density at radius 3 is 2.50 bits per heavy atom. The molecule has 0 aromatic heterocycles. The highest BCUT2D eigenvalue weighted by Gasteiger charge is 2.46. The van der Waals surface area contributed by atoms with Crippen LogP contribution in [-0.2, 0) is 4.79 Å². The molecule has 2 saturated heterocycles. The zero-order valence-electron chi connectivity index (χ0n) is 10.8. The monoisotopic (exact) mass is 224 g/mol. The van der Waals surface area contributed by atoms with Crippen molar-refractivity contribution in [2.75, 3.05) is 19.6 Å². The SMILES string of the molecule is CC(C)(C)N1CCC[C@@]2(CCCNC2)C1=O. The quantitative estimate of drug-likeness (QED) is 0.680. The molecule has 2 heterocycles. The molecule has 92 valence electrons. The van der Waals surface area contributed by atoms with Gasteiger partial charge < -0.3 is 10.2 Å². The van der Waals surface area contributed by atoms with Crippen molar-refractivity contribution in [2.45, 2.75) is 52.0 Å². The minimum absolute atomic E-state index is 0.0258. The fourth-order valence-corrected chi connectivity index (χ4v) is 3.07. The second-order valence-electron chi connectivity index (χ2n) is 6.29. The third-order valence-electron chi connectivity index (χ3n) is 4.02. The van der Waals surface area contributed by atoms with E-state index in [9.17, 15) is 4.79 Å². The van der Waals surface area contributed by atoms with Gasteiger partial charge in [0.25, 0.3) is 0 Å². The fraction of sp³-hybridized carbons (Fsp3) is 0.923. The van der Waals surface area contributed by atoms with Crippen LogP contribution in [0.4, 0.5) is 0 Å². The molecule has 0 aliphatic carbocycles. The van der Waals surface area contributed by atoms with Gasteiger partial charge in [-0.2, -0.15) is 0 Å². The van der Waals surface area contributed by atoms with Crippen LogP contribution >= 0.6 is 0 Å². The maximum Gasteiger partial charge on any atom is 0.230 e. The summed E-state index contributed by atoms with van der Waals surface area (Å²) in [6, 6.07) is 0. The van der Waals surface area contributed by atoms with E-state index >= 15 is 0 Å². The number of amides is 1. The number of likely N-dealkylation sites (tertiary alicyclic amines) is 1. The predicted molar refractivity (Wildman–Crippen MR) is 65.2 cm³/mol. The molecule has 2 rings (SSSR count). The zero-order valence-corrected chi connectivity index (χ0v) is 10.8. The number of carbonyl (C=O) groups excluding carboxylic acids is 1. The summed E-state index contributed by atoms with van der Waals surface area (Å²) >= 11 is 0. The molecule has 3 nitrogen and oxygen atoms in total. The Labute approximate surface area is 98.6 Å². The summed E-state index contributed by atoms with van der Waals surface area (Å²) < 4.78 is 0. The third kappa shape index (κ3) is 1.97. The number of nitrogens with one attached hydrogen (secondary N) is 1. The van der Waals surface area contributed by atoms with Crippen LogP contribution in [-0.4, -0.2) is 36.0 Å². The molecule has 0 aromatic carbocycles. The topological polar surface area (TPSA) is 32.3 Å². The molecule has 0 radical (unpaired) electrons. The van der Waals surface area contributed by atoms with Crippen LogP contribution in [0.1, 0.15) is 46.5 Å². The van der Waals surface area contributed by atoms with Gasteiger partial charge in [0.2, 0.25) is 5.91 Å². The summed E-state index contributed by atoms with van der Waals surface area (Å²) in [4.78, 5) is 14.7. The van der Waals surface area contributed by atoms with Gasteiger partial charge in [-0.3, -0.25) is 4.79 Å². The fourth-order valence-electron chi connectivity index (χ4n) is 3.07.